The fourth-order valence-corrected chi connectivity index (χ4v) is 1.47. The number of aliphatic hydroxyl groups excluding tert-OH is 1. The molecule has 0 aromatic heterocycles. The molecule has 1 N–H and O–H groups in total. The van der Waals surface area contributed by atoms with Gasteiger partial charge in [0.05, 0.1) is 5.94 Å². The Hall–Kier alpha value is 0.660. The minimum absolute atomic E-state index is 0.264. The van der Waals surface area contributed by atoms with Crippen LogP contribution in [0.1, 0.15) is 0 Å². The molecule has 0 bridgehead atoms. The topological polar surface area (TPSA) is 20.2 Å². The highest BCUT2D eigenvalue weighted by molar-refractivity contribution is 8.02. The van der Waals surface area contributed by atoms with E-state index in [-0.39, 0.29) is 5.94 Å². The molecular weight excluding hydrogens is 128 g/mol. The first-order chi connectivity index (χ1) is 3.41. The van der Waals surface area contributed by atoms with Gasteiger partial charge >= 0.3 is 0 Å². The van der Waals surface area contributed by atoms with Crippen LogP contribution in [-0.4, -0.2) is 28.8 Å². The van der Waals surface area contributed by atoms with Crippen molar-refractivity contribution >= 4 is 23.5 Å². The summed E-state index contributed by atoms with van der Waals surface area (Å²) >= 11 is 3.38. The third-order valence-corrected chi connectivity index (χ3v) is 2.07. The summed E-state index contributed by atoms with van der Waals surface area (Å²) in [5, 5.41) is 8.25. The van der Waals surface area contributed by atoms with Gasteiger partial charge < -0.3 is 5.11 Å². The quantitative estimate of drug-likeness (QED) is 0.463. The van der Waals surface area contributed by atoms with E-state index in [0.29, 0.717) is 0 Å². The van der Waals surface area contributed by atoms with Crippen molar-refractivity contribution < 1.29 is 5.11 Å². The van der Waals surface area contributed by atoms with Crippen molar-refractivity contribution in [1.82, 2.24) is 0 Å². The Morgan fingerprint density at radius 2 is 2.14 bits per heavy atom. The maximum absolute atomic E-state index is 8.25. The summed E-state index contributed by atoms with van der Waals surface area (Å²) in [6.45, 7) is 0. The molecule has 0 fully saturated rings. The maximum Gasteiger partial charge on any atom is 0.0886 e. The highest BCUT2D eigenvalue weighted by Gasteiger charge is 1.80. The van der Waals surface area contributed by atoms with Gasteiger partial charge in [-0.15, -0.1) is 11.8 Å². The highest BCUT2D eigenvalue weighted by atomic mass is 32.2. The summed E-state index contributed by atoms with van der Waals surface area (Å²) in [6.07, 6.45) is 2.07. The van der Waals surface area contributed by atoms with Gasteiger partial charge in [0.1, 0.15) is 0 Å². The second-order valence-corrected chi connectivity index (χ2v) is 3.09. The highest BCUT2D eigenvalue weighted by Crippen LogP contribution is 2.00. The zero-order valence-electron chi connectivity index (χ0n) is 4.39. The Labute approximate surface area is 52.9 Å². The lowest BCUT2D eigenvalue weighted by Crippen LogP contribution is -1.82. The first kappa shape index (κ1) is 7.66. The third-order valence-electron chi connectivity index (χ3n) is 0.523. The van der Waals surface area contributed by atoms with Gasteiger partial charge in [-0.1, -0.05) is 0 Å². The van der Waals surface area contributed by atoms with Crippen LogP contribution in [0.15, 0.2) is 0 Å². The molecule has 0 atom stereocenters. The van der Waals surface area contributed by atoms with Crippen molar-refractivity contribution in [1.29, 1.82) is 0 Å². The molecule has 0 spiro atoms. The SMILES string of the molecule is CSCCSCO. The van der Waals surface area contributed by atoms with Crippen molar-refractivity contribution in [2.24, 2.45) is 0 Å². The van der Waals surface area contributed by atoms with Crippen LogP contribution in [0.25, 0.3) is 0 Å². The van der Waals surface area contributed by atoms with Crippen LogP contribution >= 0.6 is 23.5 Å². The number of thioether (sulfide) groups is 2. The largest absolute Gasteiger partial charge is 0.386 e. The van der Waals surface area contributed by atoms with E-state index in [1.54, 1.807) is 11.8 Å². The molecular formula is C4H10OS2. The Bertz CT molecular complexity index is 28.9. The van der Waals surface area contributed by atoms with Crippen LogP contribution in [-0.2, 0) is 0 Å². The first-order valence-corrected chi connectivity index (χ1v) is 4.64. The summed E-state index contributed by atoms with van der Waals surface area (Å²) in [5.74, 6) is 2.48. The summed E-state index contributed by atoms with van der Waals surface area (Å²) in [7, 11) is 0. The molecule has 0 aliphatic heterocycles. The molecule has 0 saturated carbocycles. The zero-order chi connectivity index (χ0) is 5.54. The molecule has 0 aromatic rings. The van der Waals surface area contributed by atoms with Gasteiger partial charge in [0.25, 0.3) is 0 Å². The number of hydrogen-bond acceptors (Lipinski definition) is 3. The summed E-state index contributed by atoms with van der Waals surface area (Å²) < 4.78 is 0. The van der Waals surface area contributed by atoms with E-state index in [4.69, 9.17) is 5.11 Å². The second-order valence-electron chi connectivity index (χ2n) is 1.03. The van der Waals surface area contributed by atoms with Crippen molar-refractivity contribution in [3.05, 3.63) is 0 Å². The van der Waals surface area contributed by atoms with Gasteiger partial charge in [-0.2, -0.15) is 11.8 Å². The predicted octanol–water partition coefficient (Wildman–Crippen LogP) is 1.03. The lowest BCUT2D eigenvalue weighted by molar-refractivity contribution is 0.375. The van der Waals surface area contributed by atoms with Crippen molar-refractivity contribution in [3.63, 3.8) is 0 Å². The molecule has 0 saturated heterocycles. The fourth-order valence-electron chi connectivity index (χ4n) is 0.207. The van der Waals surface area contributed by atoms with E-state index in [2.05, 4.69) is 6.26 Å². The van der Waals surface area contributed by atoms with E-state index >= 15 is 0 Å². The van der Waals surface area contributed by atoms with E-state index in [0.717, 1.165) is 11.5 Å². The molecule has 0 aliphatic carbocycles. The third kappa shape index (κ3) is 6.66. The monoisotopic (exact) mass is 138 g/mol. The van der Waals surface area contributed by atoms with Crippen molar-refractivity contribution in [3.8, 4) is 0 Å². The molecule has 0 amide bonds. The Balaban J connectivity index is 2.45. The molecule has 0 aliphatic rings. The normalized spacial score (nSPS) is 9.43. The van der Waals surface area contributed by atoms with Gasteiger partial charge in [-0.3, -0.25) is 0 Å². The number of aliphatic hydroxyl groups is 1. The maximum atomic E-state index is 8.25. The van der Waals surface area contributed by atoms with Crippen LogP contribution < -0.4 is 0 Å². The van der Waals surface area contributed by atoms with Crippen molar-refractivity contribution in [2.45, 2.75) is 0 Å². The van der Waals surface area contributed by atoms with Crippen LogP contribution in [0.5, 0.6) is 0 Å². The lowest BCUT2D eigenvalue weighted by atomic mass is 11.0. The lowest BCUT2D eigenvalue weighted by Gasteiger charge is -1.90. The van der Waals surface area contributed by atoms with Gasteiger partial charge in [0.15, 0.2) is 0 Å². The van der Waals surface area contributed by atoms with Crippen LogP contribution in [0, 0.1) is 0 Å². The summed E-state index contributed by atoms with van der Waals surface area (Å²) in [4.78, 5) is 0. The minimum Gasteiger partial charge on any atom is -0.386 e. The van der Waals surface area contributed by atoms with Gasteiger partial charge in [0.2, 0.25) is 0 Å². The average molecular weight is 138 g/mol. The second kappa shape index (κ2) is 6.66. The minimum atomic E-state index is 0.264. The molecule has 0 aromatic carbocycles. The van der Waals surface area contributed by atoms with E-state index in [1.807, 2.05) is 11.8 Å². The Morgan fingerprint density at radius 3 is 2.57 bits per heavy atom. The molecule has 0 unspecified atom stereocenters. The van der Waals surface area contributed by atoms with Gasteiger partial charge in [0, 0.05) is 11.5 Å². The average Bonchev–Trinajstić information content (AvgIpc) is 1.69. The fraction of sp³-hybridized carbons (Fsp3) is 1.00. The first-order valence-electron chi connectivity index (χ1n) is 2.09. The zero-order valence-corrected chi connectivity index (χ0v) is 6.02. The summed E-state index contributed by atoms with van der Waals surface area (Å²) in [5.41, 5.74) is 0. The molecule has 0 rings (SSSR count). The molecule has 1 nitrogen and oxygen atoms in total. The predicted molar refractivity (Wildman–Crippen MR) is 37.9 cm³/mol. The standard InChI is InChI=1S/C4H10OS2/c1-6-2-3-7-4-5/h5H,2-4H2,1H3. The molecule has 0 heterocycles. The molecule has 7 heavy (non-hydrogen) atoms. The molecule has 0 radical (unpaired) electrons. The Morgan fingerprint density at radius 1 is 1.43 bits per heavy atom. The van der Waals surface area contributed by atoms with Gasteiger partial charge in [-0.25, -0.2) is 0 Å². The molecule has 3 heteroatoms. The van der Waals surface area contributed by atoms with Crippen LogP contribution in [0.4, 0.5) is 0 Å². The van der Waals surface area contributed by atoms with E-state index in [1.165, 1.54) is 0 Å². The van der Waals surface area contributed by atoms with Crippen LogP contribution in [0.3, 0.4) is 0 Å². The van der Waals surface area contributed by atoms with E-state index < -0.39 is 0 Å². The number of rotatable bonds is 4. The van der Waals surface area contributed by atoms with Crippen LogP contribution in [0.2, 0.25) is 0 Å². The van der Waals surface area contributed by atoms with E-state index in [9.17, 15) is 0 Å². The summed E-state index contributed by atoms with van der Waals surface area (Å²) in [6, 6.07) is 0. The molecule has 44 valence electrons. The van der Waals surface area contributed by atoms with Gasteiger partial charge in [-0.05, 0) is 6.26 Å². The smallest absolute Gasteiger partial charge is 0.0886 e. The Kier molecular flexibility index (Phi) is 7.29. The number of hydrogen-bond donors (Lipinski definition) is 1. The van der Waals surface area contributed by atoms with Crippen molar-refractivity contribution in [2.75, 3.05) is 23.7 Å².